The molecule has 0 spiro atoms. The molecule has 0 fully saturated rings. The van der Waals surface area contributed by atoms with Crippen molar-refractivity contribution in [2.45, 2.75) is 25.9 Å². The Kier molecular flexibility index (Phi) is 4.96. The van der Waals surface area contributed by atoms with Crippen molar-refractivity contribution in [1.82, 2.24) is 25.1 Å². The van der Waals surface area contributed by atoms with Crippen LogP contribution >= 0.6 is 0 Å². The number of carbonyl (C=O) groups is 1. The van der Waals surface area contributed by atoms with Crippen LogP contribution in [0.3, 0.4) is 0 Å². The SMILES string of the molecule is CCc1ncc(C(=O)NC(Cn2cccn2)c2ccccc2)cn1. The molecule has 122 valence electrons. The van der Waals surface area contributed by atoms with E-state index in [1.54, 1.807) is 23.3 Å². The molecule has 0 bridgehead atoms. The summed E-state index contributed by atoms with van der Waals surface area (Å²) in [5.41, 5.74) is 1.47. The maximum atomic E-state index is 12.5. The van der Waals surface area contributed by atoms with Crippen LogP contribution in [0.1, 0.15) is 34.7 Å². The van der Waals surface area contributed by atoms with Crippen LogP contribution in [-0.4, -0.2) is 25.7 Å². The summed E-state index contributed by atoms with van der Waals surface area (Å²) in [7, 11) is 0. The predicted molar refractivity (Wildman–Crippen MR) is 90.3 cm³/mol. The number of benzene rings is 1. The van der Waals surface area contributed by atoms with Crippen LogP contribution in [0.5, 0.6) is 0 Å². The molecule has 1 amide bonds. The van der Waals surface area contributed by atoms with Crippen molar-refractivity contribution in [3.05, 3.63) is 78.1 Å². The second kappa shape index (κ2) is 7.50. The zero-order chi connectivity index (χ0) is 16.8. The molecule has 0 aliphatic rings. The largest absolute Gasteiger partial charge is 0.343 e. The predicted octanol–water partition coefficient (Wildman–Crippen LogP) is 2.41. The van der Waals surface area contributed by atoms with Gasteiger partial charge in [-0.05, 0) is 11.6 Å². The summed E-state index contributed by atoms with van der Waals surface area (Å²) in [6.45, 7) is 2.53. The Morgan fingerprint density at radius 1 is 1.17 bits per heavy atom. The molecule has 2 aromatic heterocycles. The van der Waals surface area contributed by atoms with Crippen molar-refractivity contribution in [3.8, 4) is 0 Å². The maximum absolute atomic E-state index is 12.5. The van der Waals surface area contributed by atoms with Gasteiger partial charge in [0.2, 0.25) is 0 Å². The molecule has 1 unspecified atom stereocenters. The first-order valence-electron chi connectivity index (χ1n) is 7.90. The Hall–Kier alpha value is -3.02. The van der Waals surface area contributed by atoms with Crippen LogP contribution < -0.4 is 5.32 Å². The van der Waals surface area contributed by atoms with Gasteiger partial charge in [-0.15, -0.1) is 0 Å². The lowest BCUT2D eigenvalue weighted by atomic mass is 10.1. The summed E-state index contributed by atoms with van der Waals surface area (Å²) >= 11 is 0. The minimum Gasteiger partial charge on any atom is -0.343 e. The molecule has 1 atom stereocenters. The number of rotatable bonds is 6. The first kappa shape index (κ1) is 15.9. The van der Waals surface area contributed by atoms with Gasteiger partial charge < -0.3 is 5.32 Å². The molecule has 6 heteroatoms. The molecule has 0 saturated carbocycles. The molecule has 1 aromatic carbocycles. The molecule has 0 radical (unpaired) electrons. The van der Waals surface area contributed by atoms with E-state index in [1.807, 2.05) is 49.5 Å². The highest BCUT2D eigenvalue weighted by atomic mass is 16.1. The lowest BCUT2D eigenvalue weighted by Crippen LogP contribution is -2.31. The van der Waals surface area contributed by atoms with E-state index in [2.05, 4.69) is 20.4 Å². The van der Waals surface area contributed by atoms with Gasteiger partial charge in [0.1, 0.15) is 5.82 Å². The number of nitrogens with zero attached hydrogens (tertiary/aromatic N) is 4. The van der Waals surface area contributed by atoms with Crippen LogP contribution in [0.4, 0.5) is 0 Å². The highest BCUT2D eigenvalue weighted by Gasteiger charge is 2.17. The van der Waals surface area contributed by atoms with E-state index in [0.29, 0.717) is 12.1 Å². The molecule has 2 heterocycles. The zero-order valence-corrected chi connectivity index (χ0v) is 13.5. The molecule has 6 nitrogen and oxygen atoms in total. The van der Waals surface area contributed by atoms with Gasteiger partial charge in [-0.2, -0.15) is 5.10 Å². The summed E-state index contributed by atoms with van der Waals surface area (Å²) < 4.78 is 1.80. The van der Waals surface area contributed by atoms with Crippen molar-refractivity contribution in [2.24, 2.45) is 0 Å². The van der Waals surface area contributed by atoms with Gasteiger partial charge >= 0.3 is 0 Å². The van der Waals surface area contributed by atoms with Gasteiger partial charge in [0.15, 0.2) is 0 Å². The van der Waals surface area contributed by atoms with Gasteiger partial charge in [0, 0.05) is 31.2 Å². The van der Waals surface area contributed by atoms with E-state index < -0.39 is 0 Å². The summed E-state index contributed by atoms with van der Waals surface area (Å²) in [6.07, 6.45) is 7.48. The second-order valence-corrected chi connectivity index (χ2v) is 5.41. The normalized spacial score (nSPS) is 11.9. The van der Waals surface area contributed by atoms with Gasteiger partial charge in [0.25, 0.3) is 5.91 Å². The van der Waals surface area contributed by atoms with Crippen molar-refractivity contribution in [3.63, 3.8) is 0 Å². The summed E-state index contributed by atoms with van der Waals surface area (Å²) in [6, 6.07) is 11.5. The van der Waals surface area contributed by atoms with Crippen molar-refractivity contribution in [2.75, 3.05) is 0 Å². The molecular formula is C18H19N5O. The molecule has 0 aliphatic carbocycles. The van der Waals surface area contributed by atoms with Crippen LogP contribution in [0.15, 0.2) is 61.2 Å². The minimum absolute atomic E-state index is 0.190. The Bertz CT molecular complexity index is 769. The maximum Gasteiger partial charge on any atom is 0.254 e. The zero-order valence-electron chi connectivity index (χ0n) is 13.5. The number of amides is 1. The fourth-order valence-corrected chi connectivity index (χ4v) is 2.41. The Labute approximate surface area is 140 Å². The van der Waals surface area contributed by atoms with Crippen molar-refractivity contribution < 1.29 is 4.79 Å². The highest BCUT2D eigenvalue weighted by Crippen LogP contribution is 2.15. The van der Waals surface area contributed by atoms with E-state index in [-0.39, 0.29) is 11.9 Å². The summed E-state index contributed by atoms with van der Waals surface area (Å²) in [4.78, 5) is 20.9. The van der Waals surface area contributed by atoms with Crippen LogP contribution in [-0.2, 0) is 13.0 Å². The topological polar surface area (TPSA) is 72.7 Å². The van der Waals surface area contributed by atoms with E-state index >= 15 is 0 Å². The van der Waals surface area contributed by atoms with Gasteiger partial charge in [-0.25, -0.2) is 9.97 Å². The van der Waals surface area contributed by atoms with Crippen molar-refractivity contribution in [1.29, 1.82) is 0 Å². The average Bonchev–Trinajstić information content (AvgIpc) is 3.15. The van der Waals surface area contributed by atoms with E-state index in [9.17, 15) is 4.79 Å². The number of hydrogen-bond acceptors (Lipinski definition) is 4. The molecule has 0 saturated heterocycles. The van der Waals surface area contributed by atoms with Gasteiger partial charge in [-0.1, -0.05) is 37.3 Å². The molecule has 0 aliphatic heterocycles. The van der Waals surface area contributed by atoms with Gasteiger partial charge in [-0.3, -0.25) is 9.48 Å². The highest BCUT2D eigenvalue weighted by molar-refractivity contribution is 5.93. The van der Waals surface area contributed by atoms with Gasteiger partial charge in [0.05, 0.1) is 18.2 Å². The molecule has 3 aromatic rings. The fraction of sp³-hybridized carbons (Fsp3) is 0.222. The Morgan fingerprint density at radius 3 is 2.54 bits per heavy atom. The number of carbonyl (C=O) groups excluding carboxylic acids is 1. The van der Waals surface area contributed by atoms with Crippen molar-refractivity contribution >= 4 is 5.91 Å². The number of aromatic nitrogens is 4. The molecule has 24 heavy (non-hydrogen) atoms. The van der Waals surface area contributed by atoms with Crippen LogP contribution in [0.25, 0.3) is 0 Å². The third-order valence-corrected chi connectivity index (χ3v) is 3.72. The van der Waals surface area contributed by atoms with E-state index in [0.717, 1.165) is 17.8 Å². The van der Waals surface area contributed by atoms with E-state index in [4.69, 9.17) is 0 Å². The summed E-state index contributed by atoms with van der Waals surface area (Å²) in [5, 5.41) is 7.27. The molecular weight excluding hydrogens is 302 g/mol. The average molecular weight is 321 g/mol. The van der Waals surface area contributed by atoms with Crippen LogP contribution in [0, 0.1) is 0 Å². The third-order valence-electron chi connectivity index (χ3n) is 3.72. The quantitative estimate of drug-likeness (QED) is 0.757. The lowest BCUT2D eigenvalue weighted by molar-refractivity contribution is 0.0931. The number of aryl methyl sites for hydroxylation is 1. The second-order valence-electron chi connectivity index (χ2n) is 5.41. The fourth-order valence-electron chi connectivity index (χ4n) is 2.41. The minimum atomic E-state index is -0.196. The number of hydrogen-bond donors (Lipinski definition) is 1. The third kappa shape index (κ3) is 3.84. The van der Waals surface area contributed by atoms with E-state index in [1.165, 1.54) is 0 Å². The first-order chi connectivity index (χ1) is 11.8. The Balaban J connectivity index is 1.78. The standard InChI is InChI=1S/C18H19N5O/c1-2-17-19-11-15(12-20-17)18(24)22-16(13-23-10-6-9-21-23)14-7-4-3-5-8-14/h3-12,16H,2,13H2,1H3,(H,22,24). The van der Waals surface area contributed by atoms with Crippen LogP contribution in [0.2, 0.25) is 0 Å². The summed E-state index contributed by atoms with van der Waals surface area (Å²) in [5.74, 6) is 0.529. The Morgan fingerprint density at radius 2 is 1.92 bits per heavy atom. The lowest BCUT2D eigenvalue weighted by Gasteiger charge is -2.19. The number of nitrogens with one attached hydrogen (secondary N) is 1. The first-order valence-corrected chi connectivity index (χ1v) is 7.90. The smallest absolute Gasteiger partial charge is 0.254 e. The molecule has 3 rings (SSSR count). The molecule has 1 N–H and O–H groups in total. The monoisotopic (exact) mass is 321 g/mol.